The number of nitrogens with zero attached hydrogens (tertiary/aromatic N) is 1. The van der Waals surface area contributed by atoms with Crippen molar-refractivity contribution in [2.24, 2.45) is 10.9 Å². The lowest BCUT2D eigenvalue weighted by Gasteiger charge is -2.29. The summed E-state index contributed by atoms with van der Waals surface area (Å²) in [7, 11) is -2.93. The van der Waals surface area contributed by atoms with Crippen LogP contribution in [0.5, 0.6) is 0 Å². The Morgan fingerprint density at radius 1 is 1.18 bits per heavy atom. The van der Waals surface area contributed by atoms with Crippen LogP contribution < -0.4 is 10.6 Å². The van der Waals surface area contributed by atoms with Crippen LogP contribution in [0.1, 0.15) is 38.2 Å². The van der Waals surface area contributed by atoms with Crippen molar-refractivity contribution in [2.75, 3.05) is 16.8 Å². The maximum absolute atomic E-state index is 12.4. The summed E-state index contributed by atoms with van der Waals surface area (Å²) in [6, 6.07) is 7.99. The molecule has 2 aliphatic heterocycles. The van der Waals surface area contributed by atoms with Crippen LogP contribution in [0.2, 0.25) is 0 Å². The number of carbonyl (C=O) groups excluding carboxylic acids is 1. The van der Waals surface area contributed by atoms with Crippen molar-refractivity contribution < 1.29 is 13.2 Å². The molecule has 0 radical (unpaired) electrons. The van der Waals surface area contributed by atoms with Crippen LogP contribution >= 0.6 is 11.8 Å². The van der Waals surface area contributed by atoms with Gasteiger partial charge in [0.2, 0.25) is 5.91 Å². The van der Waals surface area contributed by atoms with Gasteiger partial charge in [-0.15, -0.1) is 0 Å². The van der Waals surface area contributed by atoms with E-state index in [0.29, 0.717) is 18.4 Å². The van der Waals surface area contributed by atoms with E-state index in [1.165, 1.54) is 31.0 Å². The van der Waals surface area contributed by atoms with Crippen molar-refractivity contribution in [3.05, 3.63) is 29.8 Å². The Kier molecular flexibility index (Phi) is 5.69. The Morgan fingerprint density at radius 2 is 1.93 bits per heavy atom. The van der Waals surface area contributed by atoms with Crippen LogP contribution in [0.25, 0.3) is 0 Å². The molecule has 2 N–H and O–H groups in total. The van der Waals surface area contributed by atoms with E-state index in [-0.39, 0.29) is 28.7 Å². The van der Waals surface area contributed by atoms with Gasteiger partial charge in [-0.2, -0.15) is 0 Å². The van der Waals surface area contributed by atoms with Crippen molar-refractivity contribution in [3.63, 3.8) is 0 Å². The number of nitrogens with one attached hydrogen (secondary N) is 2. The Bertz CT molecular complexity index is 867. The number of hydrogen-bond donors (Lipinski definition) is 2. The van der Waals surface area contributed by atoms with Gasteiger partial charge in [-0.1, -0.05) is 43.7 Å². The fourth-order valence-electron chi connectivity index (χ4n) is 4.22. The average molecular weight is 422 g/mol. The van der Waals surface area contributed by atoms with Crippen molar-refractivity contribution in [1.82, 2.24) is 5.32 Å². The number of aliphatic imine (C=N–C) groups is 1. The van der Waals surface area contributed by atoms with Gasteiger partial charge in [-0.3, -0.25) is 9.79 Å². The molecule has 2 fully saturated rings. The van der Waals surface area contributed by atoms with Gasteiger partial charge in [0.05, 0.1) is 24.0 Å². The van der Waals surface area contributed by atoms with Crippen LogP contribution in [-0.4, -0.2) is 48.3 Å². The Labute approximate surface area is 170 Å². The van der Waals surface area contributed by atoms with Crippen LogP contribution in [0.3, 0.4) is 0 Å². The van der Waals surface area contributed by atoms with Crippen molar-refractivity contribution in [1.29, 1.82) is 0 Å². The number of thioether (sulfide) groups is 1. The number of anilines is 1. The second-order valence-corrected chi connectivity index (χ2v) is 11.6. The van der Waals surface area contributed by atoms with Crippen LogP contribution in [0, 0.1) is 5.92 Å². The summed E-state index contributed by atoms with van der Waals surface area (Å²) in [6.07, 6.45) is 5.13. The second-order valence-electron chi connectivity index (χ2n) is 8.17. The highest BCUT2D eigenvalue weighted by molar-refractivity contribution is 8.15. The highest BCUT2D eigenvalue weighted by Crippen LogP contribution is 2.34. The molecule has 4 rings (SSSR count). The number of amidine groups is 1. The van der Waals surface area contributed by atoms with E-state index in [0.717, 1.165) is 22.8 Å². The first-order chi connectivity index (χ1) is 13.4. The van der Waals surface area contributed by atoms with Crippen LogP contribution in [-0.2, 0) is 21.1 Å². The molecule has 1 amide bonds. The molecule has 0 bridgehead atoms. The summed E-state index contributed by atoms with van der Waals surface area (Å²) in [6.45, 7) is 2.22. The molecule has 1 aromatic rings. The summed E-state index contributed by atoms with van der Waals surface area (Å²) in [5, 5.41) is 7.28. The molecule has 2 heterocycles. The van der Waals surface area contributed by atoms with Gasteiger partial charge in [0, 0.05) is 17.0 Å². The van der Waals surface area contributed by atoms with E-state index in [1.807, 2.05) is 24.3 Å². The van der Waals surface area contributed by atoms with Gasteiger partial charge in [0.1, 0.15) is 0 Å². The molecular formula is C20H27N3O3S2. The fraction of sp³-hybridized carbons (Fsp3) is 0.600. The number of carbonyl (C=O) groups is 1. The van der Waals surface area contributed by atoms with Crippen LogP contribution in [0.15, 0.2) is 29.3 Å². The molecule has 4 atom stereocenters. The summed E-state index contributed by atoms with van der Waals surface area (Å²) in [5.74, 6) is 1.02. The van der Waals surface area contributed by atoms with Crippen molar-refractivity contribution in [3.8, 4) is 0 Å². The summed E-state index contributed by atoms with van der Waals surface area (Å²) in [4.78, 5) is 16.9. The van der Waals surface area contributed by atoms with E-state index >= 15 is 0 Å². The highest BCUT2D eigenvalue weighted by atomic mass is 32.2. The summed E-state index contributed by atoms with van der Waals surface area (Å²) in [5.41, 5.74) is 1.88. The van der Waals surface area contributed by atoms with Gasteiger partial charge < -0.3 is 10.6 Å². The predicted octanol–water partition coefficient (Wildman–Crippen LogP) is 2.60. The molecule has 1 aromatic carbocycles. The zero-order valence-electron chi connectivity index (χ0n) is 16.1. The van der Waals surface area contributed by atoms with E-state index in [1.54, 1.807) is 0 Å². The molecular weight excluding hydrogens is 394 g/mol. The first-order valence-electron chi connectivity index (χ1n) is 9.98. The first-order valence-corrected chi connectivity index (χ1v) is 12.7. The number of benzene rings is 1. The number of fused-ring (bicyclic) bond motifs is 1. The van der Waals surface area contributed by atoms with Gasteiger partial charge in [-0.25, -0.2) is 8.42 Å². The number of sulfone groups is 1. The maximum Gasteiger partial charge on any atom is 0.224 e. The zero-order chi connectivity index (χ0) is 19.7. The van der Waals surface area contributed by atoms with Gasteiger partial charge in [0.15, 0.2) is 15.0 Å². The molecule has 0 aromatic heterocycles. The molecule has 0 spiro atoms. The maximum atomic E-state index is 12.4. The molecule has 8 heteroatoms. The minimum absolute atomic E-state index is 0.0395. The normalized spacial score (nSPS) is 31.1. The Hall–Kier alpha value is -1.54. The smallest absolute Gasteiger partial charge is 0.224 e. The van der Waals surface area contributed by atoms with Crippen molar-refractivity contribution in [2.45, 2.75) is 56.4 Å². The third-order valence-electron chi connectivity index (χ3n) is 5.85. The number of amides is 1. The largest absolute Gasteiger partial charge is 0.353 e. The standard InChI is InChI=1S/C20H27N3O3S2/c1-13-4-2-3-5-16(13)22-19(24)10-14-6-8-15(9-7-14)21-20-23-17-11-28(25,26)12-18(17)27-20/h6-9,13,16-18H,2-5,10-12H2,1H3,(H,21,23)(H,22,24). The molecule has 4 unspecified atom stereocenters. The van der Waals surface area contributed by atoms with E-state index in [9.17, 15) is 13.2 Å². The third-order valence-corrected chi connectivity index (χ3v) is 8.99. The van der Waals surface area contributed by atoms with Crippen molar-refractivity contribution >= 4 is 38.4 Å². The Balaban J connectivity index is 1.29. The monoisotopic (exact) mass is 421 g/mol. The number of hydrogen-bond acceptors (Lipinski definition) is 6. The quantitative estimate of drug-likeness (QED) is 0.780. The van der Waals surface area contributed by atoms with E-state index in [2.05, 4.69) is 22.5 Å². The third kappa shape index (κ3) is 4.71. The SMILES string of the molecule is CC1CCCCC1NC(=O)Cc1ccc(NC2=NC3CS(=O)(=O)CC3S2)cc1. The predicted molar refractivity (Wildman–Crippen MR) is 115 cm³/mol. The molecule has 28 heavy (non-hydrogen) atoms. The molecule has 152 valence electrons. The minimum Gasteiger partial charge on any atom is -0.353 e. The van der Waals surface area contributed by atoms with E-state index in [4.69, 9.17) is 0 Å². The molecule has 1 saturated heterocycles. The molecule has 3 aliphatic rings. The van der Waals surface area contributed by atoms with Crippen LogP contribution in [0.4, 0.5) is 5.69 Å². The summed E-state index contributed by atoms with van der Waals surface area (Å²) >= 11 is 1.51. The lowest BCUT2D eigenvalue weighted by Crippen LogP contribution is -2.41. The molecule has 1 aliphatic carbocycles. The topological polar surface area (TPSA) is 87.6 Å². The highest BCUT2D eigenvalue weighted by Gasteiger charge is 2.42. The fourth-order valence-corrected chi connectivity index (χ4v) is 7.90. The average Bonchev–Trinajstić information content (AvgIpc) is 3.11. The zero-order valence-corrected chi connectivity index (χ0v) is 17.7. The molecule has 1 saturated carbocycles. The second kappa shape index (κ2) is 8.06. The lowest BCUT2D eigenvalue weighted by atomic mass is 9.86. The first kappa shape index (κ1) is 19.8. The number of rotatable bonds is 4. The molecule has 6 nitrogen and oxygen atoms in total. The van der Waals surface area contributed by atoms with Gasteiger partial charge >= 0.3 is 0 Å². The minimum atomic E-state index is -2.93. The lowest BCUT2D eigenvalue weighted by molar-refractivity contribution is -0.121. The van der Waals surface area contributed by atoms with Gasteiger partial charge in [0.25, 0.3) is 0 Å². The van der Waals surface area contributed by atoms with Gasteiger partial charge in [-0.05, 0) is 36.5 Å². The van der Waals surface area contributed by atoms with E-state index < -0.39 is 9.84 Å². The Morgan fingerprint density at radius 3 is 2.64 bits per heavy atom. The summed E-state index contributed by atoms with van der Waals surface area (Å²) < 4.78 is 23.3.